The summed E-state index contributed by atoms with van der Waals surface area (Å²) in [6.07, 6.45) is 1.36. The maximum absolute atomic E-state index is 11.0. The second-order valence-corrected chi connectivity index (χ2v) is 2.77. The first-order chi connectivity index (χ1) is 6.34. The number of hydrogen-bond donors (Lipinski definition) is 2. The summed E-state index contributed by atoms with van der Waals surface area (Å²) in [6.45, 7) is 0. The van der Waals surface area contributed by atoms with Crippen molar-refractivity contribution in [2.75, 3.05) is 0 Å². The lowest BCUT2D eigenvalue weighted by Gasteiger charge is -1.87. The van der Waals surface area contributed by atoms with Gasteiger partial charge >= 0.3 is 5.69 Å². The maximum Gasteiger partial charge on any atom is 0.323 e. The number of nitrogens with zero attached hydrogens (tertiary/aromatic N) is 1. The predicted octanol–water partition coefficient (Wildman–Crippen LogP) is 0.997. The number of H-pyrrole nitrogens is 2. The van der Waals surface area contributed by atoms with Gasteiger partial charge in [0.2, 0.25) is 0 Å². The summed E-state index contributed by atoms with van der Waals surface area (Å²) in [4.78, 5) is 20.2. The summed E-state index contributed by atoms with van der Waals surface area (Å²) in [5, 5.41) is 0. The molecular formula is C8H5N3O2. The lowest BCUT2D eigenvalue weighted by atomic mass is 10.3. The van der Waals surface area contributed by atoms with Crippen molar-refractivity contribution >= 4 is 22.1 Å². The van der Waals surface area contributed by atoms with Crippen LogP contribution in [0.4, 0.5) is 0 Å². The number of hydrogen-bond acceptors (Lipinski definition) is 3. The van der Waals surface area contributed by atoms with Gasteiger partial charge in [-0.2, -0.15) is 0 Å². The molecule has 1 aromatic carbocycles. The highest BCUT2D eigenvalue weighted by atomic mass is 16.3. The number of rotatable bonds is 0. The van der Waals surface area contributed by atoms with Crippen molar-refractivity contribution in [2.45, 2.75) is 0 Å². The Morgan fingerprint density at radius 1 is 1.31 bits per heavy atom. The molecule has 3 rings (SSSR count). The minimum Gasteiger partial charge on any atom is -0.441 e. The third-order valence-corrected chi connectivity index (χ3v) is 1.99. The zero-order chi connectivity index (χ0) is 8.84. The minimum atomic E-state index is -0.237. The molecule has 64 valence electrons. The molecule has 0 radical (unpaired) electrons. The molecule has 3 aromatic rings. The molecular weight excluding hydrogens is 170 g/mol. The molecule has 0 aliphatic rings. The number of aromatic amines is 2. The highest BCUT2D eigenvalue weighted by Gasteiger charge is 2.06. The lowest BCUT2D eigenvalue weighted by molar-refractivity contribution is 0.604. The summed E-state index contributed by atoms with van der Waals surface area (Å²) in [5.41, 5.74) is 2.51. The summed E-state index contributed by atoms with van der Waals surface area (Å²) in [7, 11) is 0. The first-order valence-electron chi connectivity index (χ1n) is 3.79. The van der Waals surface area contributed by atoms with Crippen molar-refractivity contribution in [1.82, 2.24) is 15.0 Å². The highest BCUT2D eigenvalue weighted by Crippen LogP contribution is 2.19. The van der Waals surface area contributed by atoms with Crippen LogP contribution in [0.25, 0.3) is 22.1 Å². The van der Waals surface area contributed by atoms with E-state index in [-0.39, 0.29) is 5.69 Å². The zero-order valence-corrected chi connectivity index (χ0v) is 6.50. The van der Waals surface area contributed by atoms with E-state index >= 15 is 0 Å². The zero-order valence-electron chi connectivity index (χ0n) is 6.50. The Morgan fingerprint density at radius 2 is 2.23 bits per heavy atom. The molecule has 2 N–H and O–H groups in total. The van der Waals surface area contributed by atoms with Crippen LogP contribution in [0.1, 0.15) is 0 Å². The van der Waals surface area contributed by atoms with Gasteiger partial charge in [-0.05, 0) is 12.1 Å². The second-order valence-electron chi connectivity index (χ2n) is 2.77. The van der Waals surface area contributed by atoms with Crippen LogP contribution < -0.4 is 5.69 Å². The lowest BCUT2D eigenvalue weighted by Crippen LogP contribution is -1.99. The van der Waals surface area contributed by atoms with Crippen LogP contribution in [0.2, 0.25) is 0 Å². The fraction of sp³-hybridized carbons (Fsp3) is 0. The largest absolute Gasteiger partial charge is 0.441 e. The van der Waals surface area contributed by atoms with E-state index in [1.807, 2.05) is 0 Å². The first-order valence-corrected chi connectivity index (χ1v) is 3.79. The van der Waals surface area contributed by atoms with Crippen LogP contribution in [-0.4, -0.2) is 15.0 Å². The minimum absolute atomic E-state index is 0.237. The monoisotopic (exact) mass is 175 g/mol. The van der Waals surface area contributed by atoms with E-state index in [1.165, 1.54) is 6.39 Å². The van der Waals surface area contributed by atoms with Gasteiger partial charge in [-0.25, -0.2) is 9.78 Å². The molecule has 0 aliphatic heterocycles. The van der Waals surface area contributed by atoms with Gasteiger partial charge in [0, 0.05) is 0 Å². The van der Waals surface area contributed by atoms with Crippen molar-refractivity contribution in [3.63, 3.8) is 0 Å². The molecule has 5 heteroatoms. The van der Waals surface area contributed by atoms with Gasteiger partial charge in [0.25, 0.3) is 0 Å². The number of aromatic nitrogens is 3. The average Bonchev–Trinajstić information content (AvgIpc) is 2.65. The van der Waals surface area contributed by atoms with Gasteiger partial charge in [0.1, 0.15) is 11.0 Å². The molecule has 0 amide bonds. The van der Waals surface area contributed by atoms with Crippen LogP contribution in [0.5, 0.6) is 0 Å². The normalized spacial score (nSPS) is 11.4. The Kier molecular flexibility index (Phi) is 0.999. The Hall–Kier alpha value is -2.04. The maximum atomic E-state index is 11.0. The first kappa shape index (κ1) is 6.47. The van der Waals surface area contributed by atoms with Crippen LogP contribution in [-0.2, 0) is 0 Å². The molecule has 0 spiro atoms. The van der Waals surface area contributed by atoms with Crippen LogP contribution >= 0.6 is 0 Å². The third-order valence-electron chi connectivity index (χ3n) is 1.99. The topological polar surface area (TPSA) is 74.7 Å². The number of nitrogens with one attached hydrogen (secondary N) is 2. The quantitative estimate of drug-likeness (QED) is 0.535. The van der Waals surface area contributed by atoms with Crippen LogP contribution in [0.3, 0.4) is 0 Å². The Morgan fingerprint density at radius 3 is 3.15 bits per heavy atom. The average molecular weight is 175 g/mol. The molecule has 0 saturated heterocycles. The Labute approximate surface area is 71.4 Å². The van der Waals surface area contributed by atoms with E-state index < -0.39 is 0 Å². The fourth-order valence-electron chi connectivity index (χ4n) is 1.42. The Bertz CT molecular complexity index is 631. The Balaban J connectivity index is 2.71. The molecule has 0 bridgehead atoms. The summed E-state index contributed by atoms with van der Waals surface area (Å²) < 4.78 is 5.14. The van der Waals surface area contributed by atoms with Crippen molar-refractivity contribution in [1.29, 1.82) is 0 Å². The van der Waals surface area contributed by atoms with Crippen molar-refractivity contribution in [3.05, 3.63) is 29.0 Å². The van der Waals surface area contributed by atoms with E-state index in [0.29, 0.717) is 11.1 Å². The smallest absolute Gasteiger partial charge is 0.323 e. The molecule has 0 fully saturated rings. The third kappa shape index (κ3) is 0.752. The standard InChI is InChI=1S/C8H5N3O2/c12-8-10-4-1-2-5-7(6(4)11-8)13-3-9-5/h1-3H,(H2,10,11,12). The molecule has 5 nitrogen and oxygen atoms in total. The van der Waals surface area contributed by atoms with E-state index in [2.05, 4.69) is 15.0 Å². The number of benzene rings is 1. The summed E-state index contributed by atoms with van der Waals surface area (Å²) in [6, 6.07) is 3.59. The van der Waals surface area contributed by atoms with Crippen LogP contribution in [0.15, 0.2) is 27.7 Å². The number of oxazole rings is 1. The van der Waals surface area contributed by atoms with Crippen molar-refractivity contribution in [3.8, 4) is 0 Å². The number of fused-ring (bicyclic) bond motifs is 3. The molecule has 0 unspecified atom stereocenters. The van der Waals surface area contributed by atoms with Crippen molar-refractivity contribution < 1.29 is 4.42 Å². The van der Waals surface area contributed by atoms with Crippen molar-refractivity contribution in [2.24, 2.45) is 0 Å². The summed E-state index contributed by atoms with van der Waals surface area (Å²) in [5.74, 6) is 0. The molecule has 2 heterocycles. The second kappa shape index (κ2) is 2.01. The van der Waals surface area contributed by atoms with Gasteiger partial charge < -0.3 is 14.4 Å². The molecule has 0 saturated carbocycles. The van der Waals surface area contributed by atoms with E-state index in [4.69, 9.17) is 4.42 Å². The molecule has 0 atom stereocenters. The molecule has 0 aliphatic carbocycles. The van der Waals surface area contributed by atoms with E-state index in [0.717, 1.165) is 11.0 Å². The SMILES string of the molecule is O=c1[nH]c2ccc3ncoc3c2[nH]1. The fourth-order valence-corrected chi connectivity index (χ4v) is 1.42. The van der Waals surface area contributed by atoms with Gasteiger partial charge in [-0.3, -0.25) is 0 Å². The summed E-state index contributed by atoms with van der Waals surface area (Å²) >= 11 is 0. The van der Waals surface area contributed by atoms with Gasteiger partial charge in [0.15, 0.2) is 12.0 Å². The van der Waals surface area contributed by atoms with E-state index in [1.54, 1.807) is 12.1 Å². The van der Waals surface area contributed by atoms with Gasteiger partial charge in [-0.15, -0.1) is 0 Å². The molecule has 2 aromatic heterocycles. The predicted molar refractivity (Wildman–Crippen MR) is 46.5 cm³/mol. The van der Waals surface area contributed by atoms with Gasteiger partial charge in [0.05, 0.1) is 5.52 Å². The number of imidazole rings is 1. The molecule has 13 heavy (non-hydrogen) atoms. The van der Waals surface area contributed by atoms with Gasteiger partial charge in [-0.1, -0.05) is 0 Å². The highest BCUT2D eigenvalue weighted by molar-refractivity contribution is 5.98. The van der Waals surface area contributed by atoms with Crippen LogP contribution in [0, 0.1) is 0 Å². The van der Waals surface area contributed by atoms with E-state index in [9.17, 15) is 4.79 Å².